The van der Waals surface area contributed by atoms with Crippen LogP contribution in [0.3, 0.4) is 0 Å². The fraction of sp³-hybridized carbons (Fsp3) is 0.444. The monoisotopic (exact) mass is 354 g/mol. The van der Waals surface area contributed by atoms with E-state index < -0.39 is 12.2 Å². The number of rotatable bonds is 10. The van der Waals surface area contributed by atoms with Gasteiger partial charge in [-0.25, -0.2) is 0 Å². The van der Waals surface area contributed by atoms with Crippen LogP contribution in [0.15, 0.2) is 42.5 Å². The molecule has 0 radical (unpaired) electrons. The first kappa shape index (κ1) is 20.2. The number of carbonyl (C=O) groups excluding carboxylic acids is 2. The third-order valence-electron chi connectivity index (χ3n) is 2.97. The van der Waals surface area contributed by atoms with E-state index in [9.17, 15) is 9.59 Å². The number of esters is 2. The molecule has 0 aliphatic rings. The zero-order valence-electron chi connectivity index (χ0n) is 13.9. The van der Waals surface area contributed by atoms with Gasteiger partial charge in [-0.1, -0.05) is 36.4 Å². The second kappa shape index (κ2) is 11.6. The standard InChI is InChI=1S/C18H23ClO5/c1-14(20)23-17(11-19)9-6-10-18(24-15(2)21)13-22-12-16-7-4-3-5-8-16/h3-8,10,17-18H,9,11-13H2,1-2H3/b10-6-/t17-,18-/m0/s1. The summed E-state index contributed by atoms with van der Waals surface area (Å²) in [7, 11) is 0. The van der Waals surface area contributed by atoms with Gasteiger partial charge < -0.3 is 14.2 Å². The fourth-order valence-corrected chi connectivity index (χ4v) is 2.16. The minimum absolute atomic E-state index is 0.201. The third-order valence-corrected chi connectivity index (χ3v) is 3.31. The number of benzene rings is 1. The minimum Gasteiger partial charge on any atom is -0.461 e. The first-order valence-electron chi connectivity index (χ1n) is 7.70. The van der Waals surface area contributed by atoms with Crippen LogP contribution in [0, 0.1) is 0 Å². The third kappa shape index (κ3) is 9.33. The molecular formula is C18H23ClO5. The maximum atomic E-state index is 11.2. The lowest BCUT2D eigenvalue weighted by atomic mass is 10.2. The fourth-order valence-electron chi connectivity index (χ4n) is 1.97. The molecule has 0 aromatic heterocycles. The van der Waals surface area contributed by atoms with Gasteiger partial charge in [0, 0.05) is 20.3 Å². The molecule has 0 spiro atoms. The highest BCUT2D eigenvalue weighted by Crippen LogP contribution is 2.07. The first-order valence-corrected chi connectivity index (χ1v) is 8.23. The van der Waals surface area contributed by atoms with Crippen LogP contribution in [0.4, 0.5) is 0 Å². The van der Waals surface area contributed by atoms with Crippen molar-refractivity contribution in [3.8, 4) is 0 Å². The molecule has 0 saturated heterocycles. The Bertz CT molecular complexity index is 529. The van der Waals surface area contributed by atoms with Crippen LogP contribution < -0.4 is 0 Å². The number of carbonyl (C=O) groups is 2. The Hall–Kier alpha value is -1.85. The van der Waals surface area contributed by atoms with E-state index in [-0.39, 0.29) is 24.4 Å². The molecule has 0 bridgehead atoms. The molecule has 0 aliphatic heterocycles. The van der Waals surface area contributed by atoms with Crippen molar-refractivity contribution in [3.63, 3.8) is 0 Å². The minimum atomic E-state index is -0.500. The average Bonchev–Trinajstić information content (AvgIpc) is 2.53. The molecule has 1 aromatic carbocycles. The van der Waals surface area contributed by atoms with Gasteiger partial charge in [0.05, 0.1) is 19.1 Å². The SMILES string of the molecule is CC(=O)O[C@H](CCl)C/C=C\[C@@H](COCc1ccccc1)OC(C)=O. The molecule has 0 aliphatic carbocycles. The number of ether oxygens (including phenoxy) is 3. The van der Waals surface area contributed by atoms with Crippen LogP contribution in [-0.4, -0.2) is 36.6 Å². The van der Waals surface area contributed by atoms with Gasteiger partial charge in [0.2, 0.25) is 0 Å². The van der Waals surface area contributed by atoms with Crippen molar-refractivity contribution in [1.82, 2.24) is 0 Å². The zero-order valence-corrected chi connectivity index (χ0v) is 14.7. The van der Waals surface area contributed by atoms with Gasteiger partial charge in [0.15, 0.2) is 0 Å². The lowest BCUT2D eigenvalue weighted by Crippen LogP contribution is -2.21. The Morgan fingerprint density at radius 1 is 1.12 bits per heavy atom. The molecule has 5 nitrogen and oxygen atoms in total. The van der Waals surface area contributed by atoms with Gasteiger partial charge in [0.1, 0.15) is 12.2 Å². The number of halogens is 1. The van der Waals surface area contributed by atoms with Crippen molar-refractivity contribution in [2.24, 2.45) is 0 Å². The predicted octanol–water partition coefficient (Wildman–Crippen LogP) is 3.25. The summed E-state index contributed by atoms with van der Waals surface area (Å²) in [5.41, 5.74) is 1.04. The average molecular weight is 355 g/mol. The van der Waals surface area contributed by atoms with E-state index in [1.54, 1.807) is 12.2 Å². The van der Waals surface area contributed by atoms with Crippen molar-refractivity contribution >= 4 is 23.5 Å². The molecule has 24 heavy (non-hydrogen) atoms. The molecule has 2 atom stereocenters. The molecule has 0 unspecified atom stereocenters. The summed E-state index contributed by atoms with van der Waals surface area (Å²) in [6.45, 7) is 3.36. The molecule has 1 rings (SSSR count). The molecule has 0 saturated carbocycles. The topological polar surface area (TPSA) is 61.8 Å². The largest absolute Gasteiger partial charge is 0.461 e. The van der Waals surface area contributed by atoms with E-state index in [0.717, 1.165) is 5.56 Å². The van der Waals surface area contributed by atoms with Gasteiger partial charge >= 0.3 is 11.9 Å². The molecular weight excluding hydrogens is 332 g/mol. The van der Waals surface area contributed by atoms with Crippen LogP contribution in [-0.2, 0) is 30.4 Å². The van der Waals surface area contributed by atoms with Gasteiger partial charge in [-0.3, -0.25) is 9.59 Å². The van der Waals surface area contributed by atoms with Gasteiger partial charge in [0.25, 0.3) is 0 Å². The molecule has 0 N–H and O–H groups in total. The summed E-state index contributed by atoms with van der Waals surface area (Å²) in [4.78, 5) is 22.1. The van der Waals surface area contributed by atoms with Crippen LogP contribution in [0.1, 0.15) is 25.8 Å². The highest BCUT2D eigenvalue weighted by Gasteiger charge is 2.11. The van der Waals surface area contributed by atoms with Gasteiger partial charge in [-0.2, -0.15) is 0 Å². The van der Waals surface area contributed by atoms with Crippen molar-refractivity contribution in [3.05, 3.63) is 48.0 Å². The van der Waals surface area contributed by atoms with Crippen molar-refractivity contribution < 1.29 is 23.8 Å². The summed E-state index contributed by atoms with van der Waals surface area (Å²) in [5.74, 6) is -0.564. The van der Waals surface area contributed by atoms with E-state index in [2.05, 4.69) is 0 Å². The van der Waals surface area contributed by atoms with E-state index in [4.69, 9.17) is 25.8 Å². The molecule has 1 aromatic rings. The van der Waals surface area contributed by atoms with Crippen molar-refractivity contribution in [2.45, 2.75) is 39.1 Å². The number of hydrogen-bond donors (Lipinski definition) is 0. The normalized spacial score (nSPS) is 13.5. The van der Waals surface area contributed by atoms with Crippen molar-refractivity contribution in [2.75, 3.05) is 12.5 Å². The first-order chi connectivity index (χ1) is 11.5. The van der Waals surface area contributed by atoms with Gasteiger partial charge in [-0.15, -0.1) is 11.6 Å². The highest BCUT2D eigenvalue weighted by molar-refractivity contribution is 6.18. The van der Waals surface area contributed by atoms with E-state index in [1.165, 1.54) is 13.8 Å². The lowest BCUT2D eigenvalue weighted by Gasteiger charge is -2.15. The maximum Gasteiger partial charge on any atom is 0.303 e. The summed E-state index contributed by atoms with van der Waals surface area (Å²) in [5, 5.41) is 0. The molecule has 132 valence electrons. The maximum absolute atomic E-state index is 11.2. The van der Waals surface area contributed by atoms with Crippen LogP contribution in [0.5, 0.6) is 0 Å². The Morgan fingerprint density at radius 3 is 2.38 bits per heavy atom. The Labute approximate surface area is 147 Å². The molecule has 6 heteroatoms. The van der Waals surface area contributed by atoms with Crippen LogP contribution >= 0.6 is 11.6 Å². The summed E-state index contributed by atoms with van der Waals surface area (Å²) in [6.07, 6.45) is 3.04. The number of hydrogen-bond acceptors (Lipinski definition) is 5. The highest BCUT2D eigenvalue weighted by atomic mass is 35.5. The predicted molar refractivity (Wildman–Crippen MR) is 91.7 cm³/mol. The molecule has 0 fully saturated rings. The van der Waals surface area contributed by atoms with E-state index >= 15 is 0 Å². The molecule has 0 amide bonds. The summed E-state index contributed by atoms with van der Waals surface area (Å²) < 4.78 is 15.8. The van der Waals surface area contributed by atoms with Crippen LogP contribution in [0.25, 0.3) is 0 Å². The second-order valence-electron chi connectivity index (χ2n) is 5.20. The Balaban J connectivity index is 2.47. The molecule has 0 heterocycles. The van der Waals surface area contributed by atoms with Gasteiger partial charge in [-0.05, 0) is 11.6 Å². The van der Waals surface area contributed by atoms with Crippen molar-refractivity contribution in [1.29, 1.82) is 0 Å². The summed E-state index contributed by atoms with van der Waals surface area (Å²) in [6, 6.07) is 9.72. The second-order valence-corrected chi connectivity index (χ2v) is 5.51. The number of alkyl halides is 1. The zero-order chi connectivity index (χ0) is 17.8. The Morgan fingerprint density at radius 2 is 1.79 bits per heavy atom. The van der Waals surface area contributed by atoms with Crippen LogP contribution in [0.2, 0.25) is 0 Å². The van der Waals surface area contributed by atoms with E-state index in [1.807, 2.05) is 30.3 Å². The smallest absolute Gasteiger partial charge is 0.303 e. The lowest BCUT2D eigenvalue weighted by molar-refractivity contribution is -0.147. The van der Waals surface area contributed by atoms with E-state index in [0.29, 0.717) is 13.0 Å². The summed E-state index contributed by atoms with van der Waals surface area (Å²) >= 11 is 5.74. The quantitative estimate of drug-likeness (QED) is 0.366. The Kier molecular flexibility index (Phi) is 9.80.